The zero-order valence-corrected chi connectivity index (χ0v) is 15.5. The molecule has 0 amide bonds. The van der Waals surface area contributed by atoms with E-state index in [1.165, 1.54) is 6.33 Å². The average molecular weight is 373 g/mol. The third-order valence-electron chi connectivity index (χ3n) is 5.77. The summed E-state index contributed by atoms with van der Waals surface area (Å²) in [6.07, 6.45) is 1.52. The molecule has 1 saturated carbocycles. The van der Waals surface area contributed by atoms with Gasteiger partial charge in [-0.05, 0) is 60.7 Å². The van der Waals surface area contributed by atoms with Crippen LogP contribution in [-0.2, 0) is 0 Å². The van der Waals surface area contributed by atoms with Crippen LogP contribution in [0.15, 0.2) is 60.9 Å². The first-order chi connectivity index (χ1) is 13.8. The molecule has 142 valence electrons. The number of rotatable bonds is 6. The summed E-state index contributed by atoms with van der Waals surface area (Å²) in [6.45, 7) is 3.20. The molecule has 3 aromatic rings. The number of para-hydroxylation sites is 1. The fraction of sp³-hybridized carbons (Fsp3) is 0.273. The van der Waals surface area contributed by atoms with E-state index in [1.54, 1.807) is 0 Å². The summed E-state index contributed by atoms with van der Waals surface area (Å²) in [5.41, 5.74) is 8.01. The molecule has 0 spiro atoms. The van der Waals surface area contributed by atoms with E-state index in [9.17, 15) is 0 Å². The fourth-order valence-corrected chi connectivity index (χ4v) is 4.20. The minimum absolute atomic E-state index is 0.479. The highest BCUT2D eigenvalue weighted by atomic mass is 16.5. The van der Waals surface area contributed by atoms with Crippen LogP contribution in [0.1, 0.15) is 0 Å². The fourth-order valence-electron chi connectivity index (χ4n) is 4.20. The molecule has 2 unspecified atom stereocenters. The Morgan fingerprint density at radius 2 is 1.68 bits per heavy atom. The number of nitrogens with zero attached hydrogens (tertiary/aromatic N) is 2. The van der Waals surface area contributed by atoms with Gasteiger partial charge in [0.1, 0.15) is 29.5 Å². The third kappa shape index (κ3) is 3.27. The number of hydrogen-bond acceptors (Lipinski definition) is 6. The summed E-state index contributed by atoms with van der Waals surface area (Å²) in [5.74, 6) is 5.21. The van der Waals surface area contributed by atoms with Crippen molar-refractivity contribution in [2.45, 2.75) is 0 Å². The molecule has 2 aromatic carbocycles. The van der Waals surface area contributed by atoms with E-state index >= 15 is 0 Å². The lowest BCUT2D eigenvalue weighted by Gasteiger charge is -2.14. The summed E-state index contributed by atoms with van der Waals surface area (Å²) >= 11 is 0. The van der Waals surface area contributed by atoms with Gasteiger partial charge >= 0.3 is 0 Å². The van der Waals surface area contributed by atoms with Gasteiger partial charge in [-0.25, -0.2) is 9.97 Å². The van der Waals surface area contributed by atoms with E-state index < -0.39 is 0 Å². The quantitative estimate of drug-likeness (QED) is 0.614. The van der Waals surface area contributed by atoms with Crippen LogP contribution in [0.25, 0.3) is 11.1 Å². The molecule has 6 nitrogen and oxygen atoms in total. The highest BCUT2D eigenvalue weighted by molar-refractivity contribution is 5.83. The van der Waals surface area contributed by atoms with Crippen molar-refractivity contribution in [2.24, 2.45) is 17.8 Å². The van der Waals surface area contributed by atoms with Gasteiger partial charge in [0.25, 0.3) is 0 Å². The lowest BCUT2D eigenvalue weighted by atomic mass is 10.1. The van der Waals surface area contributed by atoms with E-state index in [0.29, 0.717) is 5.82 Å². The molecule has 4 N–H and O–H groups in total. The minimum atomic E-state index is 0.479. The predicted molar refractivity (Wildman–Crippen MR) is 110 cm³/mol. The Morgan fingerprint density at radius 3 is 2.43 bits per heavy atom. The van der Waals surface area contributed by atoms with Gasteiger partial charge in [-0.3, -0.25) is 0 Å². The zero-order chi connectivity index (χ0) is 18.9. The molecule has 0 bridgehead atoms. The topological polar surface area (TPSA) is 85.1 Å². The van der Waals surface area contributed by atoms with E-state index in [1.807, 2.05) is 54.6 Å². The highest BCUT2D eigenvalue weighted by Crippen LogP contribution is 2.48. The van der Waals surface area contributed by atoms with Crippen molar-refractivity contribution in [3.63, 3.8) is 0 Å². The molecule has 1 aliphatic heterocycles. The summed E-state index contributed by atoms with van der Waals surface area (Å²) in [7, 11) is 0. The van der Waals surface area contributed by atoms with Gasteiger partial charge in [-0.2, -0.15) is 0 Å². The van der Waals surface area contributed by atoms with Gasteiger partial charge in [0.05, 0.1) is 5.56 Å². The molecule has 1 aliphatic carbocycles. The molecule has 2 aliphatic rings. The number of nitrogen functional groups attached to an aromatic ring is 1. The molecule has 5 rings (SSSR count). The second kappa shape index (κ2) is 7.13. The van der Waals surface area contributed by atoms with Crippen LogP contribution in [0.3, 0.4) is 0 Å². The monoisotopic (exact) mass is 373 g/mol. The van der Waals surface area contributed by atoms with Crippen LogP contribution in [-0.4, -0.2) is 29.6 Å². The first-order valence-corrected chi connectivity index (χ1v) is 9.68. The van der Waals surface area contributed by atoms with Crippen molar-refractivity contribution in [3.8, 4) is 22.6 Å². The molecule has 1 saturated heterocycles. The van der Waals surface area contributed by atoms with Crippen molar-refractivity contribution in [1.29, 1.82) is 0 Å². The zero-order valence-electron chi connectivity index (χ0n) is 15.5. The molecule has 6 heteroatoms. The number of anilines is 2. The Hall–Kier alpha value is -3.12. The van der Waals surface area contributed by atoms with Crippen molar-refractivity contribution in [1.82, 2.24) is 15.3 Å². The Bertz CT molecular complexity index is 950. The van der Waals surface area contributed by atoms with Crippen LogP contribution in [0.2, 0.25) is 0 Å². The van der Waals surface area contributed by atoms with E-state index in [2.05, 4.69) is 20.6 Å². The number of nitrogens with one attached hydrogen (secondary N) is 2. The van der Waals surface area contributed by atoms with Crippen LogP contribution in [0, 0.1) is 17.8 Å². The van der Waals surface area contributed by atoms with Gasteiger partial charge < -0.3 is 21.1 Å². The average Bonchev–Trinajstić information content (AvgIpc) is 3.15. The van der Waals surface area contributed by atoms with Crippen LogP contribution >= 0.6 is 0 Å². The number of piperidine rings is 1. The van der Waals surface area contributed by atoms with Gasteiger partial charge in [0.15, 0.2) is 0 Å². The van der Waals surface area contributed by atoms with Crippen LogP contribution in [0.4, 0.5) is 11.6 Å². The van der Waals surface area contributed by atoms with E-state index in [4.69, 9.17) is 10.5 Å². The van der Waals surface area contributed by atoms with Gasteiger partial charge in [-0.15, -0.1) is 0 Å². The standard InChI is InChI=1S/C22H23N5O/c23-21-20(14-6-8-16(9-7-14)28-15-4-2-1-3-5-15)22(27-13-26-21)25-12-19-17-10-24-11-18(17)19/h1-9,13,17-19,24H,10-12H2,(H3,23,25,26,27). The Kier molecular flexibility index (Phi) is 4.33. The first-order valence-electron chi connectivity index (χ1n) is 9.68. The molecular formula is C22H23N5O. The number of nitrogens with two attached hydrogens (primary N) is 1. The summed E-state index contributed by atoms with van der Waals surface area (Å²) in [5, 5.41) is 6.94. The molecular weight excluding hydrogens is 350 g/mol. The Balaban J connectivity index is 1.33. The van der Waals surface area contributed by atoms with E-state index in [0.717, 1.165) is 65.8 Å². The maximum absolute atomic E-state index is 6.20. The molecule has 2 fully saturated rings. The first kappa shape index (κ1) is 17.0. The molecule has 2 atom stereocenters. The maximum Gasteiger partial charge on any atom is 0.139 e. The second-order valence-electron chi connectivity index (χ2n) is 7.45. The SMILES string of the molecule is Nc1ncnc(NCC2C3CNCC32)c1-c1ccc(Oc2ccccc2)cc1. The largest absolute Gasteiger partial charge is 0.457 e. The molecule has 0 radical (unpaired) electrons. The van der Waals surface area contributed by atoms with Crippen LogP contribution in [0.5, 0.6) is 11.5 Å². The molecule has 1 aromatic heterocycles. The van der Waals surface area contributed by atoms with Crippen LogP contribution < -0.4 is 21.1 Å². The van der Waals surface area contributed by atoms with Crippen molar-refractivity contribution in [2.75, 3.05) is 30.7 Å². The number of ether oxygens (including phenoxy) is 1. The Morgan fingerprint density at radius 1 is 0.964 bits per heavy atom. The lowest BCUT2D eigenvalue weighted by Crippen LogP contribution is -2.19. The predicted octanol–water partition coefficient (Wildman–Crippen LogP) is 3.40. The van der Waals surface area contributed by atoms with Gasteiger partial charge in [-0.1, -0.05) is 30.3 Å². The molecule has 28 heavy (non-hydrogen) atoms. The normalized spacial score (nSPS) is 22.5. The summed E-state index contributed by atoms with van der Waals surface area (Å²) in [6, 6.07) is 17.6. The van der Waals surface area contributed by atoms with Crippen molar-refractivity contribution >= 4 is 11.6 Å². The summed E-state index contributed by atoms with van der Waals surface area (Å²) < 4.78 is 5.88. The number of hydrogen-bond donors (Lipinski definition) is 3. The lowest BCUT2D eigenvalue weighted by molar-refractivity contribution is 0.483. The van der Waals surface area contributed by atoms with Gasteiger partial charge in [0.2, 0.25) is 0 Å². The summed E-state index contributed by atoms with van der Waals surface area (Å²) in [4.78, 5) is 8.64. The number of benzene rings is 2. The highest BCUT2D eigenvalue weighted by Gasteiger charge is 2.52. The third-order valence-corrected chi connectivity index (χ3v) is 5.77. The van der Waals surface area contributed by atoms with E-state index in [-0.39, 0.29) is 0 Å². The maximum atomic E-state index is 6.20. The smallest absolute Gasteiger partial charge is 0.139 e. The number of fused-ring (bicyclic) bond motifs is 1. The minimum Gasteiger partial charge on any atom is -0.457 e. The number of aromatic nitrogens is 2. The second-order valence-corrected chi connectivity index (χ2v) is 7.45. The van der Waals surface area contributed by atoms with Gasteiger partial charge in [0, 0.05) is 6.54 Å². The van der Waals surface area contributed by atoms with Crippen molar-refractivity contribution in [3.05, 3.63) is 60.9 Å². The Labute approximate surface area is 164 Å². The molecule has 2 heterocycles. The van der Waals surface area contributed by atoms with Crippen molar-refractivity contribution < 1.29 is 4.74 Å².